The maximum absolute atomic E-state index is 13.5. The van der Waals surface area contributed by atoms with E-state index in [1.54, 1.807) is 12.0 Å². The lowest BCUT2D eigenvalue weighted by Gasteiger charge is -2.40. The molecule has 10 heteroatoms. The van der Waals surface area contributed by atoms with Gasteiger partial charge < -0.3 is 14.7 Å². The topological polar surface area (TPSA) is 87.2 Å². The average molecular weight is 451 g/mol. The highest BCUT2D eigenvalue weighted by Gasteiger charge is 2.49. The number of sulfonamides is 1. The molecular weight excluding hydrogens is 427 g/mol. The molecule has 2 fully saturated rings. The van der Waals surface area contributed by atoms with Gasteiger partial charge in [0.1, 0.15) is 6.04 Å². The molecule has 1 aromatic rings. The van der Waals surface area contributed by atoms with Crippen molar-refractivity contribution >= 4 is 39.1 Å². The number of methoxy groups -OCH3 is 1. The molecule has 2 aliphatic rings. The van der Waals surface area contributed by atoms with Gasteiger partial charge in [0.2, 0.25) is 15.9 Å². The number of rotatable bonds is 6. The van der Waals surface area contributed by atoms with Gasteiger partial charge in [-0.3, -0.25) is 4.79 Å². The monoisotopic (exact) mass is 450 g/mol. The third-order valence-corrected chi connectivity index (χ3v) is 7.77. The van der Waals surface area contributed by atoms with Crippen LogP contribution >= 0.6 is 23.2 Å². The minimum absolute atomic E-state index is 0.0447. The second-order valence-electron chi connectivity index (χ2n) is 7.17. The molecule has 1 N–H and O–H groups in total. The van der Waals surface area contributed by atoms with Gasteiger partial charge in [-0.15, -0.1) is 0 Å². The Bertz CT molecular complexity index is 815. The van der Waals surface area contributed by atoms with Crippen molar-refractivity contribution < 1.29 is 23.1 Å². The predicted molar refractivity (Wildman–Crippen MR) is 106 cm³/mol. The number of aliphatic hydroxyl groups excluding tert-OH is 1. The van der Waals surface area contributed by atoms with Crippen LogP contribution in [0.5, 0.6) is 0 Å². The molecule has 0 spiro atoms. The number of nitrogens with zero attached hydrogens (tertiary/aromatic N) is 2. The second kappa shape index (κ2) is 8.85. The van der Waals surface area contributed by atoms with Gasteiger partial charge >= 0.3 is 0 Å². The van der Waals surface area contributed by atoms with Gasteiger partial charge in [0.15, 0.2) is 0 Å². The molecule has 2 bridgehead atoms. The fourth-order valence-corrected chi connectivity index (χ4v) is 6.73. The van der Waals surface area contributed by atoms with E-state index < -0.39 is 22.1 Å². The van der Waals surface area contributed by atoms with Crippen LogP contribution in [0.2, 0.25) is 10.0 Å². The van der Waals surface area contributed by atoms with Crippen LogP contribution in [0.1, 0.15) is 19.3 Å². The number of ether oxygens (including phenoxy) is 1. The largest absolute Gasteiger partial charge is 0.396 e. The van der Waals surface area contributed by atoms with Crippen molar-refractivity contribution in [2.24, 2.45) is 5.92 Å². The molecule has 0 radical (unpaired) electrons. The fourth-order valence-electron chi connectivity index (χ4n) is 4.11. The van der Waals surface area contributed by atoms with Crippen molar-refractivity contribution in [3.63, 3.8) is 0 Å². The number of carbonyl (C=O) groups excluding carboxylic acids is 1. The molecule has 2 aliphatic heterocycles. The number of benzene rings is 1. The second-order valence-corrected chi connectivity index (χ2v) is 9.89. The highest BCUT2D eigenvalue weighted by Crippen LogP contribution is 2.37. The summed E-state index contributed by atoms with van der Waals surface area (Å²) >= 11 is 12.0. The van der Waals surface area contributed by atoms with Crippen LogP contribution in [-0.4, -0.2) is 74.1 Å². The molecule has 0 aromatic heterocycles. The molecule has 3 unspecified atom stereocenters. The van der Waals surface area contributed by atoms with Crippen LogP contribution in [0, 0.1) is 5.92 Å². The molecule has 0 aliphatic carbocycles. The van der Waals surface area contributed by atoms with Crippen LogP contribution in [-0.2, 0) is 19.6 Å². The van der Waals surface area contributed by atoms with Gasteiger partial charge in [0, 0.05) is 48.8 Å². The Balaban J connectivity index is 2.06. The Morgan fingerprint density at radius 3 is 2.50 bits per heavy atom. The van der Waals surface area contributed by atoms with Gasteiger partial charge in [-0.25, -0.2) is 8.42 Å². The fraction of sp³-hybridized carbons (Fsp3) is 0.611. The minimum atomic E-state index is -4.03. The van der Waals surface area contributed by atoms with Gasteiger partial charge in [0.05, 0.1) is 11.5 Å². The van der Waals surface area contributed by atoms with Crippen molar-refractivity contribution in [2.75, 3.05) is 33.4 Å². The van der Waals surface area contributed by atoms with Crippen molar-refractivity contribution in [3.05, 3.63) is 28.2 Å². The van der Waals surface area contributed by atoms with Crippen LogP contribution < -0.4 is 0 Å². The smallest absolute Gasteiger partial charge is 0.244 e. The number of fused-ring (bicyclic) bond motifs is 2. The van der Waals surface area contributed by atoms with Crippen LogP contribution in [0.4, 0.5) is 0 Å². The molecule has 3 rings (SSSR count). The number of hydrogen-bond acceptors (Lipinski definition) is 5. The van der Waals surface area contributed by atoms with E-state index in [2.05, 4.69) is 0 Å². The van der Waals surface area contributed by atoms with Crippen molar-refractivity contribution in [1.82, 2.24) is 9.21 Å². The van der Waals surface area contributed by atoms with E-state index in [1.165, 1.54) is 22.5 Å². The van der Waals surface area contributed by atoms with Gasteiger partial charge in [0.25, 0.3) is 0 Å². The maximum Gasteiger partial charge on any atom is 0.244 e. The number of amides is 1. The Morgan fingerprint density at radius 2 is 1.89 bits per heavy atom. The molecule has 2 heterocycles. The standard InChI is InChI=1S/C18H24Cl2N2O5S/c1-27-6-5-21-10-12(11-23)16-3-2-4-17(18(21)24)22(16)28(25,26)15-8-13(19)7-14(20)9-15/h7-9,12,16-17,23H,2-6,10-11H2,1H3. The average Bonchev–Trinajstić information content (AvgIpc) is 2.72. The van der Waals surface area contributed by atoms with Gasteiger partial charge in [-0.1, -0.05) is 23.2 Å². The quantitative estimate of drug-likeness (QED) is 0.715. The van der Waals surface area contributed by atoms with E-state index in [0.29, 0.717) is 32.5 Å². The minimum Gasteiger partial charge on any atom is -0.396 e. The summed E-state index contributed by atoms with van der Waals surface area (Å²) in [4.78, 5) is 14.7. The first-order chi connectivity index (χ1) is 13.3. The lowest BCUT2D eigenvalue weighted by atomic mass is 9.91. The Kier molecular flexibility index (Phi) is 6.89. The Hall–Kier alpha value is -0.900. The summed E-state index contributed by atoms with van der Waals surface area (Å²) < 4.78 is 33.4. The van der Waals surface area contributed by atoms with Gasteiger partial charge in [-0.05, 0) is 37.5 Å². The summed E-state index contributed by atoms with van der Waals surface area (Å²) in [5.41, 5.74) is 0. The normalized spacial score (nSPS) is 26.4. The summed E-state index contributed by atoms with van der Waals surface area (Å²) in [6.07, 6.45) is 1.74. The maximum atomic E-state index is 13.5. The van der Waals surface area contributed by atoms with Crippen LogP contribution in [0.25, 0.3) is 0 Å². The van der Waals surface area contributed by atoms with E-state index in [9.17, 15) is 18.3 Å². The number of hydrogen-bond donors (Lipinski definition) is 1. The zero-order valence-corrected chi connectivity index (χ0v) is 17.9. The number of halogens is 2. The van der Waals surface area contributed by atoms with E-state index in [-0.39, 0.29) is 33.4 Å². The Morgan fingerprint density at radius 1 is 1.21 bits per heavy atom. The highest BCUT2D eigenvalue weighted by atomic mass is 35.5. The first-order valence-corrected chi connectivity index (χ1v) is 11.4. The molecule has 1 amide bonds. The third kappa shape index (κ3) is 4.17. The van der Waals surface area contributed by atoms with Crippen molar-refractivity contribution in [3.8, 4) is 0 Å². The number of aliphatic hydroxyl groups is 1. The predicted octanol–water partition coefficient (Wildman–Crippen LogP) is 2.00. The van der Waals surface area contributed by atoms with Crippen LogP contribution in [0.15, 0.2) is 23.1 Å². The van der Waals surface area contributed by atoms with E-state index >= 15 is 0 Å². The third-order valence-electron chi connectivity index (χ3n) is 5.42. The summed E-state index contributed by atoms with van der Waals surface area (Å²) in [6, 6.07) is 2.85. The molecule has 3 atom stereocenters. The highest BCUT2D eigenvalue weighted by molar-refractivity contribution is 7.89. The Labute approximate surface area is 175 Å². The van der Waals surface area contributed by atoms with Gasteiger partial charge in [-0.2, -0.15) is 4.31 Å². The lowest BCUT2D eigenvalue weighted by Crippen LogP contribution is -2.55. The van der Waals surface area contributed by atoms with E-state index in [0.717, 1.165) is 6.42 Å². The molecule has 7 nitrogen and oxygen atoms in total. The molecule has 28 heavy (non-hydrogen) atoms. The summed E-state index contributed by atoms with van der Waals surface area (Å²) in [6.45, 7) is 0.780. The van der Waals surface area contributed by atoms with Crippen molar-refractivity contribution in [1.29, 1.82) is 0 Å². The molecular formula is C18H24Cl2N2O5S. The SMILES string of the molecule is COCCN1CC(CO)C2CCCC(C1=O)N2S(=O)(=O)c1cc(Cl)cc(Cl)c1. The molecule has 1 aromatic carbocycles. The molecule has 156 valence electrons. The van der Waals surface area contributed by atoms with Crippen molar-refractivity contribution in [2.45, 2.75) is 36.2 Å². The lowest BCUT2D eigenvalue weighted by molar-refractivity contribution is -0.135. The summed E-state index contributed by atoms with van der Waals surface area (Å²) in [5.74, 6) is -0.634. The number of carbonyl (C=O) groups is 1. The first-order valence-electron chi connectivity index (χ1n) is 9.17. The van der Waals surface area contributed by atoms with Crippen LogP contribution in [0.3, 0.4) is 0 Å². The van der Waals surface area contributed by atoms with E-state index in [1.807, 2.05) is 0 Å². The van der Waals surface area contributed by atoms with E-state index in [4.69, 9.17) is 27.9 Å². The molecule has 2 saturated heterocycles. The summed E-state index contributed by atoms with van der Waals surface area (Å²) in [5, 5.41) is 10.4. The number of piperidine rings is 1. The first kappa shape index (κ1) is 21.8. The molecule has 0 saturated carbocycles. The summed E-state index contributed by atoms with van der Waals surface area (Å²) in [7, 11) is -2.49. The zero-order chi connectivity index (χ0) is 20.5. The zero-order valence-electron chi connectivity index (χ0n) is 15.6.